The molecule has 22 heavy (non-hydrogen) atoms. The third-order valence-corrected chi connectivity index (χ3v) is 4.05. The van der Waals surface area contributed by atoms with E-state index in [4.69, 9.17) is 4.74 Å². The molecule has 2 aromatic carbocycles. The summed E-state index contributed by atoms with van der Waals surface area (Å²) in [5, 5.41) is 12.6. The topological polar surface area (TPSA) is 41.5 Å². The first-order valence-electron chi connectivity index (χ1n) is 7.52. The van der Waals surface area contributed by atoms with Crippen molar-refractivity contribution in [3.8, 4) is 5.75 Å². The average molecular weight is 364 g/mol. The second-order valence-electron chi connectivity index (χ2n) is 5.19. The molecule has 1 atom stereocenters. The number of nitrogens with one attached hydrogen (secondary N) is 1. The van der Waals surface area contributed by atoms with Gasteiger partial charge < -0.3 is 15.2 Å². The quantitative estimate of drug-likeness (QED) is 0.747. The summed E-state index contributed by atoms with van der Waals surface area (Å²) in [5.41, 5.74) is 2.23. The molecule has 0 aliphatic rings. The van der Waals surface area contributed by atoms with Crippen molar-refractivity contribution in [2.75, 3.05) is 6.61 Å². The fourth-order valence-electron chi connectivity index (χ4n) is 2.15. The minimum atomic E-state index is 0.112. The Bertz CT molecular complexity index is 571. The van der Waals surface area contributed by atoms with Crippen LogP contribution in [-0.2, 0) is 13.2 Å². The normalized spacial score (nSPS) is 12.1. The zero-order chi connectivity index (χ0) is 15.8. The van der Waals surface area contributed by atoms with Crippen LogP contribution in [0.15, 0.2) is 53.0 Å². The van der Waals surface area contributed by atoms with E-state index in [0.717, 1.165) is 27.8 Å². The van der Waals surface area contributed by atoms with E-state index in [1.165, 1.54) is 0 Å². The highest BCUT2D eigenvalue weighted by atomic mass is 79.9. The van der Waals surface area contributed by atoms with Crippen molar-refractivity contribution >= 4 is 15.9 Å². The first-order chi connectivity index (χ1) is 10.7. The number of rotatable bonds is 8. The second-order valence-corrected chi connectivity index (χ2v) is 6.11. The molecule has 2 aromatic rings. The van der Waals surface area contributed by atoms with Gasteiger partial charge in [0.15, 0.2) is 0 Å². The van der Waals surface area contributed by atoms with Gasteiger partial charge in [-0.2, -0.15) is 0 Å². The van der Waals surface area contributed by atoms with Gasteiger partial charge in [-0.15, -0.1) is 0 Å². The van der Waals surface area contributed by atoms with Crippen LogP contribution in [0.2, 0.25) is 0 Å². The molecule has 0 radical (unpaired) electrons. The number of aliphatic hydroxyl groups excluding tert-OH is 1. The number of benzene rings is 2. The number of hydrogen-bond donors (Lipinski definition) is 2. The molecule has 0 amide bonds. The molecule has 0 heterocycles. The van der Waals surface area contributed by atoms with E-state index in [2.05, 4.69) is 46.4 Å². The number of halogens is 1. The molecular weight excluding hydrogens is 342 g/mol. The van der Waals surface area contributed by atoms with E-state index in [9.17, 15) is 5.11 Å². The van der Waals surface area contributed by atoms with Crippen molar-refractivity contribution in [2.45, 2.75) is 32.5 Å². The lowest BCUT2D eigenvalue weighted by Crippen LogP contribution is -2.31. The lowest BCUT2D eigenvalue weighted by atomic mass is 10.1. The van der Waals surface area contributed by atoms with Gasteiger partial charge >= 0.3 is 0 Å². The van der Waals surface area contributed by atoms with Gasteiger partial charge in [0, 0.05) is 22.6 Å². The highest BCUT2D eigenvalue weighted by Gasteiger charge is 2.08. The van der Waals surface area contributed by atoms with Gasteiger partial charge in [-0.25, -0.2) is 0 Å². The molecule has 3 nitrogen and oxygen atoms in total. The molecular formula is C18H22BrNO2. The zero-order valence-corrected chi connectivity index (χ0v) is 14.3. The summed E-state index contributed by atoms with van der Waals surface area (Å²) in [6.07, 6.45) is 0.894. The molecule has 0 aromatic heterocycles. The third-order valence-electron chi connectivity index (χ3n) is 3.55. The van der Waals surface area contributed by atoms with Crippen LogP contribution in [0.1, 0.15) is 24.5 Å². The van der Waals surface area contributed by atoms with Crippen LogP contribution < -0.4 is 10.1 Å². The molecule has 0 aliphatic heterocycles. The Morgan fingerprint density at radius 2 is 1.95 bits per heavy atom. The number of hydrogen-bond acceptors (Lipinski definition) is 3. The van der Waals surface area contributed by atoms with E-state index >= 15 is 0 Å². The highest BCUT2D eigenvalue weighted by molar-refractivity contribution is 9.10. The lowest BCUT2D eigenvalue weighted by Gasteiger charge is -2.17. The predicted molar refractivity (Wildman–Crippen MR) is 92.9 cm³/mol. The first kappa shape index (κ1) is 17.0. The van der Waals surface area contributed by atoms with Crippen LogP contribution in [0.25, 0.3) is 0 Å². The minimum Gasteiger partial charge on any atom is -0.489 e. The highest BCUT2D eigenvalue weighted by Crippen LogP contribution is 2.24. The smallest absolute Gasteiger partial charge is 0.124 e. The van der Waals surface area contributed by atoms with Crippen molar-refractivity contribution in [2.24, 2.45) is 0 Å². The summed E-state index contributed by atoms with van der Waals surface area (Å²) in [7, 11) is 0. The molecule has 2 rings (SSSR count). The lowest BCUT2D eigenvalue weighted by molar-refractivity contribution is 0.237. The standard InChI is InChI=1S/C18H22BrNO2/c1-2-17(12-21)20-11-15-10-16(19)8-9-18(15)22-13-14-6-4-3-5-7-14/h3-10,17,20-21H,2,11-13H2,1H3/t17-/m0/s1. The van der Waals surface area contributed by atoms with Crippen LogP contribution in [0.5, 0.6) is 5.75 Å². The summed E-state index contributed by atoms with van der Waals surface area (Å²) in [5.74, 6) is 0.868. The maximum atomic E-state index is 9.28. The van der Waals surface area contributed by atoms with Crippen LogP contribution in [0.3, 0.4) is 0 Å². The van der Waals surface area contributed by atoms with E-state index < -0.39 is 0 Å². The molecule has 0 saturated carbocycles. The first-order valence-corrected chi connectivity index (χ1v) is 8.31. The van der Waals surface area contributed by atoms with Crippen LogP contribution in [0, 0.1) is 0 Å². The van der Waals surface area contributed by atoms with Gasteiger partial charge in [0.25, 0.3) is 0 Å². The monoisotopic (exact) mass is 363 g/mol. The molecule has 0 fully saturated rings. The Morgan fingerprint density at radius 1 is 1.18 bits per heavy atom. The SMILES string of the molecule is CC[C@@H](CO)NCc1cc(Br)ccc1OCc1ccccc1. The van der Waals surface area contributed by atoms with Gasteiger partial charge in [0.2, 0.25) is 0 Å². The number of aliphatic hydroxyl groups is 1. The Labute approximate surface area is 140 Å². The van der Waals surface area contributed by atoms with Crippen LogP contribution >= 0.6 is 15.9 Å². The van der Waals surface area contributed by atoms with Gasteiger partial charge in [-0.05, 0) is 30.2 Å². The minimum absolute atomic E-state index is 0.112. The summed E-state index contributed by atoms with van der Waals surface area (Å²) in [6, 6.07) is 16.2. The van der Waals surface area contributed by atoms with Crippen molar-refractivity contribution in [1.29, 1.82) is 0 Å². The molecule has 0 spiro atoms. The molecule has 0 aliphatic carbocycles. The maximum Gasteiger partial charge on any atom is 0.124 e. The van der Waals surface area contributed by atoms with E-state index in [1.807, 2.05) is 30.3 Å². The van der Waals surface area contributed by atoms with Gasteiger partial charge in [-0.1, -0.05) is 53.2 Å². The molecule has 4 heteroatoms. The maximum absolute atomic E-state index is 9.28. The van der Waals surface area contributed by atoms with Gasteiger partial charge in [0.05, 0.1) is 6.61 Å². The number of ether oxygens (including phenoxy) is 1. The fraction of sp³-hybridized carbons (Fsp3) is 0.333. The van der Waals surface area contributed by atoms with Gasteiger partial charge in [-0.3, -0.25) is 0 Å². The molecule has 0 saturated heterocycles. The second kappa shape index (κ2) is 8.93. The van der Waals surface area contributed by atoms with Crippen molar-refractivity contribution in [3.05, 3.63) is 64.1 Å². The van der Waals surface area contributed by atoms with Crippen molar-refractivity contribution in [1.82, 2.24) is 5.32 Å². The van der Waals surface area contributed by atoms with Crippen LogP contribution in [0.4, 0.5) is 0 Å². The Kier molecular flexibility index (Phi) is 6.90. The fourth-order valence-corrected chi connectivity index (χ4v) is 2.56. The zero-order valence-electron chi connectivity index (χ0n) is 12.8. The third kappa shape index (κ3) is 5.13. The van der Waals surface area contributed by atoms with Gasteiger partial charge in [0.1, 0.15) is 12.4 Å². The molecule has 118 valence electrons. The van der Waals surface area contributed by atoms with E-state index in [1.54, 1.807) is 0 Å². The summed E-state index contributed by atoms with van der Waals surface area (Å²) < 4.78 is 6.98. The predicted octanol–water partition coefficient (Wildman–Crippen LogP) is 3.89. The Morgan fingerprint density at radius 3 is 2.64 bits per heavy atom. The summed E-state index contributed by atoms with van der Waals surface area (Å²) >= 11 is 3.50. The van der Waals surface area contributed by atoms with Crippen molar-refractivity contribution < 1.29 is 9.84 Å². The van der Waals surface area contributed by atoms with E-state index in [-0.39, 0.29) is 12.6 Å². The molecule has 0 bridgehead atoms. The molecule has 0 unspecified atom stereocenters. The summed E-state index contributed by atoms with van der Waals surface area (Å²) in [4.78, 5) is 0. The van der Waals surface area contributed by atoms with E-state index in [0.29, 0.717) is 13.2 Å². The summed E-state index contributed by atoms with van der Waals surface area (Å²) in [6.45, 7) is 3.42. The average Bonchev–Trinajstić information content (AvgIpc) is 2.56. The largest absolute Gasteiger partial charge is 0.489 e. The van der Waals surface area contributed by atoms with Crippen molar-refractivity contribution in [3.63, 3.8) is 0 Å². The van der Waals surface area contributed by atoms with Crippen LogP contribution in [-0.4, -0.2) is 17.8 Å². The Hall–Kier alpha value is -1.36. The Balaban J connectivity index is 2.03. The molecule has 2 N–H and O–H groups in total.